The van der Waals surface area contributed by atoms with Gasteiger partial charge in [0.25, 0.3) is 0 Å². The van der Waals surface area contributed by atoms with E-state index in [1.165, 1.54) is 31.5 Å². The molecule has 4 aliphatic rings. The van der Waals surface area contributed by atoms with Crippen LogP contribution in [-0.4, -0.2) is 28.0 Å². The minimum absolute atomic E-state index is 0.0541. The lowest BCUT2D eigenvalue weighted by atomic mass is 9.53. The summed E-state index contributed by atoms with van der Waals surface area (Å²) in [6.07, 6.45) is 8.58. The number of amides is 2. The van der Waals surface area contributed by atoms with Crippen LogP contribution in [0.4, 0.5) is 4.79 Å². The van der Waals surface area contributed by atoms with Crippen molar-refractivity contribution in [3.8, 4) is 11.5 Å². The smallest absolute Gasteiger partial charge is 0.335 e. The minimum atomic E-state index is -0.298. The molecule has 128 valence electrons. The fraction of sp³-hybridized carbons (Fsp3) is 0.556. The van der Waals surface area contributed by atoms with Crippen LogP contribution in [0.5, 0.6) is 11.5 Å². The number of hydrogen-bond acceptors (Lipinski definition) is 4. The number of carbonyl (C=O) groups is 1. The molecule has 4 N–H and O–H groups in total. The number of phenols is 2. The fourth-order valence-corrected chi connectivity index (χ4v) is 5.35. The molecule has 4 aliphatic carbocycles. The van der Waals surface area contributed by atoms with Crippen molar-refractivity contribution in [2.45, 2.75) is 44.1 Å². The van der Waals surface area contributed by atoms with Crippen molar-refractivity contribution in [3.63, 3.8) is 0 Å². The molecule has 1 aromatic rings. The predicted octanol–water partition coefficient (Wildman–Crippen LogP) is 2.70. The third-order valence-corrected chi connectivity index (χ3v) is 5.83. The third kappa shape index (κ3) is 2.81. The highest BCUT2D eigenvalue weighted by Crippen LogP contribution is 2.55. The van der Waals surface area contributed by atoms with Gasteiger partial charge in [0.2, 0.25) is 0 Å². The maximum atomic E-state index is 12.2. The maximum absolute atomic E-state index is 12.2. The fourth-order valence-electron chi connectivity index (χ4n) is 5.35. The van der Waals surface area contributed by atoms with Crippen LogP contribution in [0.15, 0.2) is 23.3 Å². The van der Waals surface area contributed by atoms with Gasteiger partial charge in [-0.1, -0.05) is 6.07 Å². The van der Waals surface area contributed by atoms with E-state index in [1.54, 1.807) is 12.1 Å². The monoisotopic (exact) mass is 329 g/mol. The molecule has 0 atom stereocenters. The van der Waals surface area contributed by atoms with Crippen molar-refractivity contribution in [2.75, 3.05) is 0 Å². The number of para-hydroxylation sites is 1. The van der Waals surface area contributed by atoms with Crippen LogP contribution in [0.2, 0.25) is 0 Å². The Bertz CT molecular complexity index is 651. The molecular weight excluding hydrogens is 306 g/mol. The van der Waals surface area contributed by atoms with Gasteiger partial charge in [-0.2, -0.15) is 5.10 Å². The molecule has 4 bridgehead atoms. The van der Waals surface area contributed by atoms with E-state index >= 15 is 0 Å². The normalized spacial score (nSPS) is 33.8. The molecule has 2 amide bonds. The number of hydrogen-bond donors (Lipinski definition) is 4. The first-order valence-corrected chi connectivity index (χ1v) is 8.65. The summed E-state index contributed by atoms with van der Waals surface area (Å²) in [4.78, 5) is 12.2. The standard InChI is InChI=1S/C18H23N3O3/c22-15-3-1-2-14(16(15)23)10-19-21-17(24)20-18-7-11-4-12(8-18)6-13(5-11)9-18/h1-3,10-13,22-23H,4-9H2,(H2,20,21,24)/b19-10+. The summed E-state index contributed by atoms with van der Waals surface area (Å²) in [7, 11) is 0. The molecular formula is C18H23N3O3. The van der Waals surface area contributed by atoms with E-state index in [1.807, 2.05) is 0 Å². The first kappa shape index (κ1) is 15.3. The second-order valence-corrected chi connectivity index (χ2v) is 7.74. The van der Waals surface area contributed by atoms with Crippen molar-refractivity contribution < 1.29 is 15.0 Å². The van der Waals surface area contributed by atoms with Gasteiger partial charge in [0.1, 0.15) is 0 Å². The van der Waals surface area contributed by atoms with Gasteiger partial charge < -0.3 is 15.5 Å². The van der Waals surface area contributed by atoms with E-state index in [2.05, 4.69) is 15.8 Å². The van der Waals surface area contributed by atoms with Gasteiger partial charge in [0.15, 0.2) is 11.5 Å². The molecule has 5 rings (SSSR count). The summed E-state index contributed by atoms with van der Waals surface area (Å²) >= 11 is 0. The Kier molecular flexibility index (Phi) is 3.62. The van der Waals surface area contributed by atoms with Crippen LogP contribution in [0.3, 0.4) is 0 Å². The van der Waals surface area contributed by atoms with Crippen molar-refractivity contribution in [1.29, 1.82) is 0 Å². The summed E-state index contributed by atoms with van der Waals surface area (Å²) in [6, 6.07) is 4.30. The quantitative estimate of drug-likeness (QED) is 0.390. The van der Waals surface area contributed by atoms with Gasteiger partial charge in [0.05, 0.1) is 6.21 Å². The molecule has 0 aromatic heterocycles. The number of benzene rings is 1. The molecule has 0 spiro atoms. The molecule has 0 radical (unpaired) electrons. The second-order valence-electron chi connectivity index (χ2n) is 7.74. The number of aromatic hydroxyl groups is 2. The summed E-state index contributed by atoms with van der Waals surface area (Å²) in [5.41, 5.74) is 2.78. The van der Waals surface area contributed by atoms with Crippen LogP contribution in [0, 0.1) is 17.8 Å². The Balaban J connectivity index is 1.37. The van der Waals surface area contributed by atoms with Crippen molar-refractivity contribution >= 4 is 12.2 Å². The van der Waals surface area contributed by atoms with E-state index in [9.17, 15) is 15.0 Å². The zero-order valence-electron chi connectivity index (χ0n) is 13.5. The second kappa shape index (κ2) is 5.69. The van der Waals surface area contributed by atoms with Gasteiger partial charge in [-0.25, -0.2) is 10.2 Å². The molecule has 4 saturated carbocycles. The van der Waals surface area contributed by atoms with Crippen LogP contribution in [-0.2, 0) is 0 Å². The first-order valence-electron chi connectivity index (χ1n) is 8.65. The van der Waals surface area contributed by atoms with E-state index in [0.29, 0.717) is 5.56 Å². The molecule has 0 unspecified atom stereocenters. The average molecular weight is 329 g/mol. The Morgan fingerprint density at radius 2 is 1.75 bits per heavy atom. The molecule has 4 fully saturated rings. The Hall–Kier alpha value is -2.24. The van der Waals surface area contributed by atoms with Gasteiger partial charge in [0, 0.05) is 11.1 Å². The Labute approximate surface area is 141 Å². The molecule has 0 heterocycles. The van der Waals surface area contributed by atoms with Gasteiger partial charge in [-0.3, -0.25) is 0 Å². The average Bonchev–Trinajstić information content (AvgIpc) is 2.49. The van der Waals surface area contributed by atoms with Crippen LogP contribution < -0.4 is 10.7 Å². The highest BCUT2D eigenvalue weighted by molar-refractivity contribution is 5.86. The SMILES string of the molecule is O=C(N/N=C/c1cccc(O)c1O)NC12CC3CC(CC(C3)C1)C2. The van der Waals surface area contributed by atoms with E-state index in [-0.39, 0.29) is 23.1 Å². The lowest BCUT2D eigenvalue weighted by Gasteiger charge is -2.56. The molecule has 1 aromatic carbocycles. The number of nitrogens with one attached hydrogen (secondary N) is 2. The number of phenolic OH excluding ortho intramolecular Hbond substituents is 2. The predicted molar refractivity (Wildman–Crippen MR) is 89.9 cm³/mol. The minimum Gasteiger partial charge on any atom is -0.504 e. The number of hydrazone groups is 1. The largest absolute Gasteiger partial charge is 0.504 e. The topological polar surface area (TPSA) is 94.0 Å². The van der Waals surface area contributed by atoms with Crippen LogP contribution >= 0.6 is 0 Å². The summed E-state index contributed by atoms with van der Waals surface area (Å²) in [5, 5.41) is 26.2. The summed E-state index contributed by atoms with van der Waals surface area (Å²) in [6.45, 7) is 0. The number of urea groups is 1. The highest BCUT2D eigenvalue weighted by Gasteiger charge is 2.51. The number of carbonyl (C=O) groups excluding carboxylic acids is 1. The highest BCUT2D eigenvalue weighted by atomic mass is 16.3. The zero-order chi connectivity index (χ0) is 16.7. The summed E-state index contributed by atoms with van der Waals surface area (Å²) < 4.78 is 0. The first-order chi connectivity index (χ1) is 11.5. The lowest BCUT2D eigenvalue weighted by Crippen LogP contribution is -2.61. The molecule has 6 heteroatoms. The van der Waals surface area contributed by atoms with Gasteiger partial charge in [-0.05, 0) is 68.4 Å². The van der Waals surface area contributed by atoms with Crippen molar-refractivity contribution in [2.24, 2.45) is 22.9 Å². The third-order valence-electron chi connectivity index (χ3n) is 5.83. The van der Waals surface area contributed by atoms with Crippen LogP contribution in [0.1, 0.15) is 44.1 Å². The Morgan fingerprint density at radius 3 is 2.38 bits per heavy atom. The Morgan fingerprint density at radius 1 is 1.12 bits per heavy atom. The molecule has 6 nitrogen and oxygen atoms in total. The molecule has 24 heavy (non-hydrogen) atoms. The van der Waals surface area contributed by atoms with E-state index in [0.717, 1.165) is 37.0 Å². The number of nitrogens with zero attached hydrogens (tertiary/aromatic N) is 1. The van der Waals surface area contributed by atoms with Crippen molar-refractivity contribution in [1.82, 2.24) is 10.7 Å². The summed E-state index contributed by atoms with van der Waals surface area (Å²) in [5.74, 6) is 1.85. The van der Waals surface area contributed by atoms with Gasteiger partial charge >= 0.3 is 6.03 Å². The lowest BCUT2D eigenvalue weighted by molar-refractivity contribution is -0.0135. The van der Waals surface area contributed by atoms with E-state index < -0.39 is 0 Å². The van der Waals surface area contributed by atoms with E-state index in [4.69, 9.17) is 0 Å². The van der Waals surface area contributed by atoms with Crippen molar-refractivity contribution in [3.05, 3.63) is 23.8 Å². The van der Waals surface area contributed by atoms with Gasteiger partial charge in [-0.15, -0.1) is 0 Å². The maximum Gasteiger partial charge on any atom is 0.335 e. The molecule has 0 aliphatic heterocycles. The molecule has 0 saturated heterocycles. The van der Waals surface area contributed by atoms with Crippen LogP contribution in [0.25, 0.3) is 0 Å². The zero-order valence-corrected chi connectivity index (χ0v) is 13.5. The number of rotatable bonds is 3.